The van der Waals surface area contributed by atoms with Gasteiger partial charge in [0.1, 0.15) is 5.76 Å². The van der Waals surface area contributed by atoms with Crippen LogP contribution in [-0.4, -0.2) is 16.6 Å². The van der Waals surface area contributed by atoms with Gasteiger partial charge < -0.3 is 10.4 Å². The molecule has 74 valence electrons. The van der Waals surface area contributed by atoms with Crippen molar-refractivity contribution in [3.8, 4) is 0 Å². The highest BCUT2D eigenvalue weighted by atomic mass is 16.6. The number of rotatable bonds is 3. The van der Waals surface area contributed by atoms with E-state index in [0.29, 0.717) is 5.70 Å². The van der Waals surface area contributed by atoms with Crippen molar-refractivity contribution in [2.45, 2.75) is 0 Å². The summed E-state index contributed by atoms with van der Waals surface area (Å²) in [7, 11) is 0. The highest BCUT2D eigenvalue weighted by Gasteiger charge is 2.19. The molecule has 0 aromatic carbocycles. The van der Waals surface area contributed by atoms with Gasteiger partial charge in [-0.25, -0.2) is 0 Å². The summed E-state index contributed by atoms with van der Waals surface area (Å²) in [6.07, 6.45) is 2.77. The van der Waals surface area contributed by atoms with Crippen LogP contribution in [0.15, 0.2) is 48.0 Å². The predicted octanol–water partition coefficient (Wildman–Crippen LogP) is 1.26. The number of aliphatic hydroxyl groups excluding tert-OH is 1. The van der Waals surface area contributed by atoms with Crippen molar-refractivity contribution in [1.29, 1.82) is 0 Å². The Morgan fingerprint density at radius 2 is 2.43 bits per heavy atom. The minimum Gasteiger partial charge on any atom is -0.510 e. The third-order valence-electron chi connectivity index (χ3n) is 1.80. The summed E-state index contributed by atoms with van der Waals surface area (Å²) in [6, 6.07) is 0. The maximum atomic E-state index is 10.5. The summed E-state index contributed by atoms with van der Waals surface area (Å²) in [6.45, 7) is 7.06. The average molecular weight is 194 g/mol. The zero-order valence-corrected chi connectivity index (χ0v) is 7.49. The first-order valence-corrected chi connectivity index (χ1v) is 3.90. The van der Waals surface area contributed by atoms with Gasteiger partial charge in [-0.3, -0.25) is 10.1 Å². The topological polar surface area (TPSA) is 75.4 Å². The van der Waals surface area contributed by atoms with E-state index >= 15 is 0 Å². The number of aliphatic hydroxyl groups is 1. The fourth-order valence-corrected chi connectivity index (χ4v) is 1.10. The minimum absolute atomic E-state index is 0.0357. The normalized spacial score (nSPS) is 15.6. The molecule has 0 aromatic heterocycles. The van der Waals surface area contributed by atoms with E-state index in [1.54, 1.807) is 0 Å². The smallest absolute Gasteiger partial charge is 0.271 e. The standard InChI is InChI=1S/C9H10N2O3/c1-3-9-8(6(2)11(13)14)4-7(12)5-10-9/h3-4,10,12H,1-2,5H2. The van der Waals surface area contributed by atoms with Gasteiger partial charge in [0, 0.05) is 5.70 Å². The highest BCUT2D eigenvalue weighted by Crippen LogP contribution is 2.19. The van der Waals surface area contributed by atoms with Gasteiger partial charge in [-0.05, 0) is 18.7 Å². The van der Waals surface area contributed by atoms with Crippen LogP contribution in [0.3, 0.4) is 0 Å². The molecule has 1 rings (SSSR count). The molecule has 5 heteroatoms. The molecule has 0 aliphatic carbocycles. The summed E-state index contributed by atoms with van der Waals surface area (Å²) in [5.74, 6) is 0.0357. The third-order valence-corrected chi connectivity index (χ3v) is 1.80. The van der Waals surface area contributed by atoms with E-state index in [-0.39, 0.29) is 23.6 Å². The third kappa shape index (κ3) is 1.82. The summed E-state index contributed by atoms with van der Waals surface area (Å²) < 4.78 is 0. The van der Waals surface area contributed by atoms with E-state index in [1.165, 1.54) is 12.2 Å². The Balaban J connectivity index is 3.14. The van der Waals surface area contributed by atoms with Crippen LogP contribution in [0.4, 0.5) is 0 Å². The van der Waals surface area contributed by atoms with E-state index in [1.807, 2.05) is 0 Å². The van der Waals surface area contributed by atoms with Crippen LogP contribution in [0, 0.1) is 10.1 Å². The molecule has 1 aliphatic rings. The van der Waals surface area contributed by atoms with Crippen LogP contribution in [0.2, 0.25) is 0 Å². The van der Waals surface area contributed by atoms with Crippen LogP contribution in [-0.2, 0) is 0 Å². The Kier molecular flexibility index (Phi) is 2.71. The molecule has 0 saturated carbocycles. The second kappa shape index (κ2) is 3.78. The van der Waals surface area contributed by atoms with Gasteiger partial charge in [0.05, 0.1) is 17.0 Å². The Bertz CT molecular complexity index is 366. The second-order valence-corrected chi connectivity index (χ2v) is 2.72. The molecular weight excluding hydrogens is 184 g/mol. The lowest BCUT2D eigenvalue weighted by atomic mass is 10.1. The molecule has 14 heavy (non-hydrogen) atoms. The predicted molar refractivity (Wildman–Crippen MR) is 52.1 cm³/mol. The number of allylic oxidation sites excluding steroid dienone is 2. The highest BCUT2D eigenvalue weighted by molar-refractivity contribution is 5.45. The van der Waals surface area contributed by atoms with Crippen LogP contribution < -0.4 is 5.32 Å². The number of hydrogen-bond acceptors (Lipinski definition) is 4. The molecule has 2 N–H and O–H groups in total. The second-order valence-electron chi connectivity index (χ2n) is 2.72. The minimum atomic E-state index is -0.602. The van der Waals surface area contributed by atoms with Crippen LogP contribution in [0.1, 0.15) is 0 Å². The summed E-state index contributed by atoms with van der Waals surface area (Å²) >= 11 is 0. The van der Waals surface area contributed by atoms with Gasteiger partial charge in [-0.2, -0.15) is 0 Å². The Morgan fingerprint density at radius 3 is 2.93 bits per heavy atom. The van der Waals surface area contributed by atoms with Gasteiger partial charge in [0.25, 0.3) is 5.70 Å². The van der Waals surface area contributed by atoms with E-state index in [0.717, 1.165) is 0 Å². The first-order chi connectivity index (χ1) is 6.56. The first-order valence-electron chi connectivity index (χ1n) is 3.90. The molecule has 0 aromatic rings. The van der Waals surface area contributed by atoms with Gasteiger partial charge in [-0.15, -0.1) is 0 Å². The van der Waals surface area contributed by atoms with Crippen molar-refractivity contribution in [2.24, 2.45) is 0 Å². The molecular formula is C9H10N2O3. The Hall–Kier alpha value is -2.04. The lowest BCUT2D eigenvalue weighted by molar-refractivity contribution is -0.419. The van der Waals surface area contributed by atoms with Gasteiger partial charge >= 0.3 is 0 Å². The molecule has 0 amide bonds. The Labute approximate surface area is 80.9 Å². The number of nitro groups is 1. The summed E-state index contributed by atoms with van der Waals surface area (Å²) in [4.78, 5) is 9.86. The molecule has 0 atom stereocenters. The lowest BCUT2D eigenvalue weighted by Crippen LogP contribution is -2.22. The van der Waals surface area contributed by atoms with Gasteiger partial charge in [-0.1, -0.05) is 6.58 Å². The largest absolute Gasteiger partial charge is 0.510 e. The van der Waals surface area contributed by atoms with Crippen molar-refractivity contribution in [3.63, 3.8) is 0 Å². The van der Waals surface area contributed by atoms with Crippen molar-refractivity contribution >= 4 is 0 Å². The fourth-order valence-electron chi connectivity index (χ4n) is 1.10. The van der Waals surface area contributed by atoms with Crippen molar-refractivity contribution in [2.75, 3.05) is 6.54 Å². The number of dihydropyridines is 1. The number of nitrogens with one attached hydrogen (secondary N) is 1. The number of hydrogen-bond donors (Lipinski definition) is 2. The van der Waals surface area contributed by atoms with Crippen LogP contribution >= 0.6 is 0 Å². The maximum Gasteiger partial charge on any atom is 0.271 e. The maximum absolute atomic E-state index is 10.5. The van der Waals surface area contributed by atoms with Crippen LogP contribution in [0.5, 0.6) is 0 Å². The summed E-state index contributed by atoms with van der Waals surface area (Å²) in [5.41, 5.74) is 0.497. The molecule has 0 fully saturated rings. The monoisotopic (exact) mass is 194 g/mol. The van der Waals surface area contributed by atoms with Gasteiger partial charge in [0.15, 0.2) is 0 Å². The van der Waals surface area contributed by atoms with Crippen molar-refractivity contribution in [1.82, 2.24) is 5.32 Å². The quantitative estimate of drug-likeness (QED) is 0.524. The van der Waals surface area contributed by atoms with E-state index in [2.05, 4.69) is 18.5 Å². The first kappa shape index (κ1) is 10.0. The van der Waals surface area contributed by atoms with E-state index < -0.39 is 4.92 Å². The van der Waals surface area contributed by atoms with Crippen molar-refractivity contribution < 1.29 is 10.0 Å². The van der Waals surface area contributed by atoms with E-state index in [9.17, 15) is 15.2 Å². The van der Waals surface area contributed by atoms with E-state index in [4.69, 9.17) is 0 Å². The zero-order chi connectivity index (χ0) is 10.7. The zero-order valence-electron chi connectivity index (χ0n) is 7.49. The average Bonchev–Trinajstić information content (AvgIpc) is 2.16. The molecule has 0 saturated heterocycles. The lowest BCUT2D eigenvalue weighted by Gasteiger charge is -2.15. The molecule has 0 spiro atoms. The molecule has 1 aliphatic heterocycles. The molecule has 0 unspecified atom stereocenters. The molecule has 0 radical (unpaired) electrons. The number of nitrogens with zero attached hydrogens (tertiary/aromatic N) is 1. The van der Waals surface area contributed by atoms with Crippen LogP contribution in [0.25, 0.3) is 0 Å². The Morgan fingerprint density at radius 1 is 1.79 bits per heavy atom. The SMILES string of the molecule is C=CC1=C(C(=C)[N+](=O)[O-])C=C(O)CN1. The fraction of sp³-hybridized carbons (Fsp3) is 0.111. The molecule has 5 nitrogen and oxygen atoms in total. The molecule has 1 heterocycles. The van der Waals surface area contributed by atoms with Crippen molar-refractivity contribution in [3.05, 3.63) is 58.2 Å². The molecule has 0 bridgehead atoms. The summed E-state index contributed by atoms with van der Waals surface area (Å²) in [5, 5.41) is 22.4. The van der Waals surface area contributed by atoms with Gasteiger partial charge in [0.2, 0.25) is 0 Å².